The van der Waals surface area contributed by atoms with Gasteiger partial charge in [0, 0.05) is 11.8 Å². The number of methoxy groups -OCH3 is 1. The highest BCUT2D eigenvalue weighted by molar-refractivity contribution is 6.00. The fourth-order valence-electron chi connectivity index (χ4n) is 1.21. The first kappa shape index (κ1) is 15.5. The Bertz CT molecular complexity index is 536. The van der Waals surface area contributed by atoms with E-state index >= 15 is 0 Å². The number of benzene rings is 1. The molecule has 0 saturated carbocycles. The summed E-state index contributed by atoms with van der Waals surface area (Å²) in [5, 5.41) is 2.18. The maximum absolute atomic E-state index is 12.1. The minimum absolute atomic E-state index is 0.217. The van der Waals surface area contributed by atoms with E-state index in [1.807, 2.05) is 0 Å². The summed E-state index contributed by atoms with van der Waals surface area (Å²) in [5.74, 6) is -1.59. The number of hydrogen-bond donors (Lipinski definition) is 2. The van der Waals surface area contributed by atoms with Crippen LogP contribution in [0.5, 0.6) is 0 Å². The average Bonchev–Trinajstić information content (AvgIpc) is 2.37. The molecule has 0 saturated heterocycles. The molecule has 8 heteroatoms. The topological polar surface area (TPSA) is 81.4 Å². The van der Waals surface area contributed by atoms with Crippen molar-refractivity contribution >= 4 is 17.6 Å². The van der Waals surface area contributed by atoms with E-state index < -0.39 is 23.7 Å². The van der Waals surface area contributed by atoms with Crippen LogP contribution in [0.3, 0.4) is 0 Å². The summed E-state index contributed by atoms with van der Waals surface area (Å²) in [4.78, 5) is 22.4. The minimum Gasteiger partial charge on any atom is -0.465 e. The van der Waals surface area contributed by atoms with E-state index in [0.29, 0.717) is 0 Å². The van der Waals surface area contributed by atoms with Crippen molar-refractivity contribution in [2.75, 3.05) is 12.4 Å². The second-order valence-corrected chi connectivity index (χ2v) is 3.66. The van der Waals surface area contributed by atoms with Crippen LogP contribution in [0, 0.1) is 0 Å². The van der Waals surface area contributed by atoms with Crippen LogP contribution in [0.1, 0.15) is 10.4 Å². The summed E-state index contributed by atoms with van der Waals surface area (Å²) in [6.45, 7) is 0. The van der Waals surface area contributed by atoms with E-state index in [0.717, 1.165) is 0 Å². The number of carbonyl (C=O) groups is 2. The fraction of sp³-hybridized carbons (Fsp3) is 0.167. The number of allylic oxidation sites excluding steroid dienone is 1. The van der Waals surface area contributed by atoms with Crippen LogP contribution in [0.2, 0.25) is 0 Å². The smallest absolute Gasteiger partial charge is 0.430 e. The summed E-state index contributed by atoms with van der Waals surface area (Å²) in [6.07, 6.45) is -4.51. The second-order valence-electron chi connectivity index (χ2n) is 3.66. The monoisotopic (exact) mass is 288 g/mol. The summed E-state index contributed by atoms with van der Waals surface area (Å²) in [6, 6.07) is 5.42. The molecule has 5 nitrogen and oxygen atoms in total. The van der Waals surface area contributed by atoms with Gasteiger partial charge < -0.3 is 15.8 Å². The molecule has 3 N–H and O–H groups in total. The predicted octanol–water partition coefficient (Wildman–Crippen LogP) is 1.82. The van der Waals surface area contributed by atoms with Crippen molar-refractivity contribution in [3.05, 3.63) is 41.6 Å². The molecular weight excluding hydrogens is 277 g/mol. The lowest BCUT2D eigenvalue weighted by Gasteiger charge is -2.07. The van der Waals surface area contributed by atoms with Crippen molar-refractivity contribution in [1.82, 2.24) is 0 Å². The van der Waals surface area contributed by atoms with E-state index in [-0.39, 0.29) is 17.3 Å². The highest BCUT2D eigenvalue weighted by atomic mass is 19.4. The molecule has 0 bridgehead atoms. The lowest BCUT2D eigenvalue weighted by Crippen LogP contribution is -2.22. The molecule has 108 valence electrons. The number of ether oxygens (including phenoxy) is 1. The Morgan fingerprint density at radius 3 is 2.25 bits per heavy atom. The third kappa shape index (κ3) is 4.30. The van der Waals surface area contributed by atoms with Gasteiger partial charge in [-0.05, 0) is 24.3 Å². The van der Waals surface area contributed by atoms with Crippen molar-refractivity contribution in [3.8, 4) is 0 Å². The SMILES string of the molecule is COC(=O)c1ccc(NC(=O)/C=C(\N)C(F)(F)F)cc1. The molecule has 20 heavy (non-hydrogen) atoms. The third-order valence-electron chi connectivity index (χ3n) is 2.19. The summed E-state index contributed by atoms with van der Waals surface area (Å²) >= 11 is 0. The molecule has 0 aliphatic rings. The number of halogens is 3. The quantitative estimate of drug-likeness (QED) is 0.656. The lowest BCUT2D eigenvalue weighted by molar-refractivity contribution is -0.113. The third-order valence-corrected chi connectivity index (χ3v) is 2.19. The van der Waals surface area contributed by atoms with Gasteiger partial charge in [-0.3, -0.25) is 4.79 Å². The molecule has 0 aliphatic heterocycles. The molecule has 0 fully saturated rings. The van der Waals surface area contributed by atoms with Crippen molar-refractivity contribution in [3.63, 3.8) is 0 Å². The zero-order chi connectivity index (χ0) is 15.3. The highest BCUT2D eigenvalue weighted by Gasteiger charge is 2.31. The van der Waals surface area contributed by atoms with Gasteiger partial charge in [0.05, 0.1) is 12.7 Å². The maximum Gasteiger partial charge on any atom is 0.430 e. The Morgan fingerprint density at radius 2 is 1.80 bits per heavy atom. The van der Waals surface area contributed by atoms with Gasteiger partial charge in [0.25, 0.3) is 0 Å². The van der Waals surface area contributed by atoms with E-state index in [9.17, 15) is 22.8 Å². The van der Waals surface area contributed by atoms with Crippen LogP contribution >= 0.6 is 0 Å². The van der Waals surface area contributed by atoms with Crippen molar-refractivity contribution < 1.29 is 27.5 Å². The predicted molar refractivity (Wildman–Crippen MR) is 64.7 cm³/mol. The summed E-state index contributed by atoms with van der Waals surface area (Å²) < 4.78 is 40.8. The standard InChI is InChI=1S/C12H11F3N2O3/c1-20-11(19)7-2-4-8(5-3-7)17-10(18)6-9(16)12(13,14)15/h2-6H,16H2,1H3,(H,17,18)/b9-6-. The number of rotatable bonds is 3. The number of esters is 1. The van der Waals surface area contributed by atoms with Crippen LogP contribution in [0.15, 0.2) is 36.0 Å². The molecule has 1 aromatic rings. The van der Waals surface area contributed by atoms with Crippen LogP contribution in [0.25, 0.3) is 0 Å². The van der Waals surface area contributed by atoms with Gasteiger partial charge in [-0.15, -0.1) is 0 Å². The van der Waals surface area contributed by atoms with Gasteiger partial charge in [-0.1, -0.05) is 0 Å². The first-order chi connectivity index (χ1) is 9.24. The molecular formula is C12H11F3N2O3. The number of alkyl halides is 3. The fourth-order valence-corrected chi connectivity index (χ4v) is 1.21. The Hall–Kier alpha value is -2.51. The molecule has 1 amide bonds. The first-order valence-electron chi connectivity index (χ1n) is 5.27. The van der Waals surface area contributed by atoms with Crippen LogP contribution < -0.4 is 11.1 Å². The van der Waals surface area contributed by atoms with Gasteiger partial charge in [0.15, 0.2) is 0 Å². The molecule has 0 heterocycles. The molecule has 0 atom stereocenters. The van der Waals surface area contributed by atoms with E-state index in [1.165, 1.54) is 31.4 Å². The number of hydrogen-bond acceptors (Lipinski definition) is 4. The van der Waals surface area contributed by atoms with Crippen molar-refractivity contribution in [1.29, 1.82) is 0 Å². The normalized spacial score (nSPS) is 11.9. The maximum atomic E-state index is 12.1. The second kappa shape index (κ2) is 6.09. The zero-order valence-corrected chi connectivity index (χ0v) is 10.3. The summed E-state index contributed by atoms with van der Waals surface area (Å²) in [7, 11) is 1.21. The van der Waals surface area contributed by atoms with Crippen LogP contribution in [0.4, 0.5) is 18.9 Å². The lowest BCUT2D eigenvalue weighted by atomic mass is 10.2. The van der Waals surface area contributed by atoms with Gasteiger partial charge in [0.2, 0.25) is 5.91 Å². The van der Waals surface area contributed by atoms with Gasteiger partial charge in [0.1, 0.15) is 5.70 Å². The average molecular weight is 288 g/mol. The number of nitrogens with one attached hydrogen (secondary N) is 1. The largest absolute Gasteiger partial charge is 0.465 e. The molecule has 0 radical (unpaired) electrons. The van der Waals surface area contributed by atoms with Gasteiger partial charge in [-0.25, -0.2) is 4.79 Å². The van der Waals surface area contributed by atoms with Crippen LogP contribution in [-0.4, -0.2) is 25.2 Å². The Morgan fingerprint density at radius 1 is 1.25 bits per heavy atom. The van der Waals surface area contributed by atoms with Gasteiger partial charge >= 0.3 is 12.1 Å². The Kier molecular flexibility index (Phi) is 4.73. The zero-order valence-electron chi connectivity index (χ0n) is 10.3. The first-order valence-corrected chi connectivity index (χ1v) is 5.27. The molecule has 0 aromatic heterocycles. The molecule has 0 unspecified atom stereocenters. The van der Waals surface area contributed by atoms with Crippen molar-refractivity contribution in [2.24, 2.45) is 5.73 Å². The van der Waals surface area contributed by atoms with Crippen LogP contribution in [-0.2, 0) is 9.53 Å². The number of anilines is 1. The molecule has 0 aliphatic carbocycles. The number of carbonyl (C=O) groups excluding carboxylic acids is 2. The van der Waals surface area contributed by atoms with Gasteiger partial charge in [-0.2, -0.15) is 13.2 Å². The highest BCUT2D eigenvalue weighted by Crippen LogP contribution is 2.21. The molecule has 0 spiro atoms. The number of nitrogens with two attached hydrogens (primary N) is 1. The molecule has 1 rings (SSSR count). The Labute approximate surface area is 112 Å². The Balaban J connectivity index is 2.75. The van der Waals surface area contributed by atoms with E-state index in [2.05, 4.69) is 10.1 Å². The summed E-state index contributed by atoms with van der Waals surface area (Å²) in [5.41, 5.74) is 3.67. The van der Waals surface area contributed by atoms with Crippen molar-refractivity contribution in [2.45, 2.75) is 6.18 Å². The molecule has 1 aromatic carbocycles. The minimum atomic E-state index is -4.76. The van der Waals surface area contributed by atoms with E-state index in [1.54, 1.807) is 0 Å². The van der Waals surface area contributed by atoms with E-state index in [4.69, 9.17) is 5.73 Å². The number of amides is 1.